The number of rotatable bonds is 1. The molecule has 0 saturated heterocycles. The van der Waals surface area contributed by atoms with Crippen LogP contribution in [0.4, 0.5) is 23.2 Å². The van der Waals surface area contributed by atoms with E-state index in [1.54, 1.807) is 0 Å². The van der Waals surface area contributed by atoms with Crippen molar-refractivity contribution in [3.05, 3.63) is 28.8 Å². The number of nitrogens with zero attached hydrogens (tertiary/aromatic N) is 1. The molecule has 0 heterocycles. The van der Waals surface area contributed by atoms with Crippen LogP contribution in [0.1, 0.15) is 37.7 Å². The van der Waals surface area contributed by atoms with Crippen molar-refractivity contribution in [2.45, 2.75) is 37.6 Å². The summed E-state index contributed by atoms with van der Waals surface area (Å²) in [7, 11) is 2.59. The Labute approximate surface area is 127 Å². The van der Waals surface area contributed by atoms with Crippen molar-refractivity contribution in [1.82, 2.24) is 0 Å². The monoisotopic (exact) mass is 314 g/mol. The second kappa shape index (κ2) is 6.17. The molecule has 0 radical (unpaired) electrons. The summed E-state index contributed by atoms with van der Waals surface area (Å²) in [4.78, 5) is 0.972. The molecule has 1 aromatic rings. The lowest BCUT2D eigenvalue weighted by Gasteiger charge is -2.27. The molecule has 0 amide bonds. The summed E-state index contributed by atoms with van der Waals surface area (Å²) in [5.74, 6) is -1.08. The van der Waals surface area contributed by atoms with Crippen molar-refractivity contribution in [3.8, 4) is 11.8 Å². The third-order valence-electron chi connectivity index (χ3n) is 3.87. The van der Waals surface area contributed by atoms with Crippen LogP contribution in [0.5, 0.6) is 0 Å². The maximum absolute atomic E-state index is 14.0. The van der Waals surface area contributed by atoms with Crippen LogP contribution in [-0.4, -0.2) is 19.6 Å². The molecule has 0 aliphatic heterocycles. The molecule has 2 nitrogen and oxygen atoms in total. The van der Waals surface area contributed by atoms with Gasteiger partial charge >= 0.3 is 0 Å². The van der Waals surface area contributed by atoms with Crippen LogP contribution in [0, 0.1) is 35.1 Å². The predicted octanol–water partition coefficient (Wildman–Crippen LogP) is 3.32. The van der Waals surface area contributed by atoms with Crippen LogP contribution in [-0.2, 0) is 0 Å². The number of benzene rings is 1. The molecule has 2 rings (SSSR count). The first-order valence-corrected chi connectivity index (χ1v) is 7.12. The Hall–Kier alpha value is -1.74. The van der Waals surface area contributed by atoms with E-state index in [0.29, 0.717) is 12.8 Å². The molecule has 1 aliphatic carbocycles. The largest absolute Gasteiger partial charge is 0.373 e. The summed E-state index contributed by atoms with van der Waals surface area (Å²) >= 11 is 0. The van der Waals surface area contributed by atoms with Crippen molar-refractivity contribution in [2.24, 2.45) is 5.73 Å². The van der Waals surface area contributed by atoms with Gasteiger partial charge in [-0.2, -0.15) is 0 Å². The zero-order chi connectivity index (χ0) is 16.5. The summed E-state index contributed by atoms with van der Waals surface area (Å²) in [5.41, 5.74) is 3.52. The molecule has 2 N–H and O–H groups in total. The van der Waals surface area contributed by atoms with E-state index >= 15 is 0 Å². The smallest absolute Gasteiger partial charge is 0.186 e. The van der Waals surface area contributed by atoms with Crippen molar-refractivity contribution in [1.29, 1.82) is 0 Å². The number of hydrogen-bond acceptors (Lipinski definition) is 2. The minimum Gasteiger partial charge on any atom is -0.373 e. The zero-order valence-electron chi connectivity index (χ0n) is 12.6. The van der Waals surface area contributed by atoms with Crippen molar-refractivity contribution in [3.63, 3.8) is 0 Å². The van der Waals surface area contributed by atoms with Crippen molar-refractivity contribution in [2.75, 3.05) is 19.0 Å². The SMILES string of the molecule is CN(C)c1c(F)c(F)c(C#CC2(N)CCCCC2)c(F)c1F. The van der Waals surface area contributed by atoms with Gasteiger partial charge in [-0.3, -0.25) is 0 Å². The number of nitrogens with two attached hydrogens (primary N) is 1. The Balaban J connectivity index is 2.50. The molecular formula is C16H18F4N2. The van der Waals surface area contributed by atoms with Gasteiger partial charge in [0.1, 0.15) is 11.3 Å². The Morgan fingerprint density at radius 1 is 0.909 bits per heavy atom. The van der Waals surface area contributed by atoms with Gasteiger partial charge in [-0.25, -0.2) is 17.6 Å². The first-order chi connectivity index (χ1) is 10.3. The van der Waals surface area contributed by atoms with E-state index in [-0.39, 0.29) is 0 Å². The Bertz CT molecular complexity index is 609. The molecule has 1 aromatic carbocycles. The topological polar surface area (TPSA) is 29.3 Å². The quantitative estimate of drug-likeness (QED) is 0.489. The molecule has 0 atom stereocenters. The highest BCUT2D eigenvalue weighted by molar-refractivity contribution is 5.54. The van der Waals surface area contributed by atoms with Crippen molar-refractivity contribution >= 4 is 5.69 Å². The molecule has 1 aliphatic rings. The van der Waals surface area contributed by atoms with E-state index in [1.165, 1.54) is 14.1 Å². The highest BCUT2D eigenvalue weighted by atomic mass is 19.2. The average molecular weight is 314 g/mol. The summed E-state index contributed by atoms with van der Waals surface area (Å²) in [6, 6.07) is 0. The maximum Gasteiger partial charge on any atom is 0.186 e. The minimum absolute atomic E-state index is 0.601. The summed E-state index contributed by atoms with van der Waals surface area (Å²) in [6.45, 7) is 0. The fourth-order valence-corrected chi connectivity index (χ4v) is 2.62. The maximum atomic E-state index is 14.0. The van der Waals surface area contributed by atoms with Crippen LogP contribution in [0.2, 0.25) is 0 Å². The summed E-state index contributed by atoms with van der Waals surface area (Å²) < 4.78 is 55.8. The molecule has 120 valence electrons. The lowest BCUT2D eigenvalue weighted by Crippen LogP contribution is -2.40. The van der Waals surface area contributed by atoms with Gasteiger partial charge in [-0.1, -0.05) is 31.1 Å². The van der Waals surface area contributed by atoms with Crippen LogP contribution in [0.15, 0.2) is 0 Å². The van der Waals surface area contributed by atoms with E-state index in [2.05, 4.69) is 11.8 Å². The van der Waals surface area contributed by atoms with Gasteiger partial charge in [0.25, 0.3) is 0 Å². The van der Waals surface area contributed by atoms with E-state index in [1.807, 2.05) is 0 Å². The standard InChI is InChI=1S/C16H18F4N2/c1-22(2)15-13(19)11(17)10(12(18)14(15)20)6-9-16(21)7-4-3-5-8-16/h3-5,7-8,21H2,1-2H3. The molecule has 0 spiro atoms. The van der Waals surface area contributed by atoms with Gasteiger partial charge in [-0.05, 0) is 12.8 Å². The highest BCUT2D eigenvalue weighted by Crippen LogP contribution is 2.30. The second-order valence-corrected chi connectivity index (χ2v) is 5.84. The van der Waals surface area contributed by atoms with Gasteiger partial charge in [0.2, 0.25) is 0 Å². The Morgan fingerprint density at radius 2 is 1.41 bits per heavy atom. The van der Waals surface area contributed by atoms with E-state index in [9.17, 15) is 17.6 Å². The van der Waals surface area contributed by atoms with Gasteiger partial charge in [0.05, 0.1) is 5.54 Å². The predicted molar refractivity (Wildman–Crippen MR) is 77.5 cm³/mol. The van der Waals surface area contributed by atoms with Gasteiger partial charge in [-0.15, -0.1) is 0 Å². The van der Waals surface area contributed by atoms with Gasteiger partial charge in [0, 0.05) is 14.1 Å². The molecule has 1 saturated carbocycles. The fraction of sp³-hybridized carbons (Fsp3) is 0.500. The molecule has 22 heavy (non-hydrogen) atoms. The summed E-state index contributed by atoms with van der Waals surface area (Å²) in [5, 5.41) is 0. The Kier molecular flexibility index (Phi) is 4.66. The van der Waals surface area contributed by atoms with E-state index < -0.39 is 40.1 Å². The van der Waals surface area contributed by atoms with Crippen molar-refractivity contribution < 1.29 is 17.6 Å². The van der Waals surface area contributed by atoms with E-state index in [0.717, 1.165) is 24.2 Å². The van der Waals surface area contributed by atoms with Crippen LogP contribution >= 0.6 is 0 Å². The first kappa shape index (κ1) is 16.6. The molecule has 0 unspecified atom stereocenters. The zero-order valence-corrected chi connectivity index (χ0v) is 12.6. The third-order valence-corrected chi connectivity index (χ3v) is 3.87. The molecule has 0 bridgehead atoms. The molecule has 6 heteroatoms. The van der Waals surface area contributed by atoms with Crippen LogP contribution < -0.4 is 10.6 Å². The Morgan fingerprint density at radius 3 is 1.86 bits per heavy atom. The highest BCUT2D eigenvalue weighted by Gasteiger charge is 2.28. The van der Waals surface area contributed by atoms with Crippen LogP contribution in [0.3, 0.4) is 0 Å². The first-order valence-electron chi connectivity index (χ1n) is 7.12. The van der Waals surface area contributed by atoms with Gasteiger partial charge in [0.15, 0.2) is 23.3 Å². The van der Waals surface area contributed by atoms with Crippen LogP contribution in [0.25, 0.3) is 0 Å². The normalized spacial score (nSPS) is 16.9. The lowest BCUT2D eigenvalue weighted by atomic mass is 9.83. The summed E-state index contributed by atoms with van der Waals surface area (Å²) in [6.07, 6.45) is 3.98. The second-order valence-electron chi connectivity index (χ2n) is 5.84. The average Bonchev–Trinajstić information content (AvgIpc) is 2.46. The minimum atomic E-state index is -1.49. The molecule has 1 fully saturated rings. The number of anilines is 1. The number of hydrogen-bond donors (Lipinski definition) is 1. The molecule has 0 aromatic heterocycles. The molecular weight excluding hydrogens is 296 g/mol. The fourth-order valence-electron chi connectivity index (χ4n) is 2.62. The third kappa shape index (κ3) is 3.05. The van der Waals surface area contributed by atoms with E-state index in [4.69, 9.17) is 5.73 Å². The lowest BCUT2D eigenvalue weighted by molar-refractivity contribution is 0.370. The van der Waals surface area contributed by atoms with Gasteiger partial charge < -0.3 is 10.6 Å². The number of halogens is 4.